The molecule has 132 valence electrons. The Kier molecular flexibility index (Phi) is 4.14. The molecule has 4 rings (SSSR count). The number of benzene rings is 1. The molecule has 1 aliphatic heterocycles. The highest BCUT2D eigenvalue weighted by molar-refractivity contribution is 5.91. The number of pyridine rings is 1. The maximum absolute atomic E-state index is 12.1. The summed E-state index contributed by atoms with van der Waals surface area (Å²) in [6, 6.07) is 10.8. The number of amides is 1. The van der Waals surface area contributed by atoms with E-state index in [-0.39, 0.29) is 18.4 Å². The van der Waals surface area contributed by atoms with Crippen LogP contribution in [0.1, 0.15) is 5.56 Å². The molecule has 1 aliphatic rings. The summed E-state index contributed by atoms with van der Waals surface area (Å²) in [6.07, 6.45) is 4.78. The Morgan fingerprint density at radius 2 is 2.12 bits per heavy atom. The van der Waals surface area contributed by atoms with E-state index in [0.717, 1.165) is 5.56 Å². The normalized spacial score (nSPS) is 12.8. The lowest BCUT2D eigenvalue weighted by Crippen LogP contribution is -2.30. The molecule has 26 heavy (non-hydrogen) atoms. The maximum atomic E-state index is 12.1. The quantitative estimate of drug-likeness (QED) is 0.694. The second kappa shape index (κ2) is 6.75. The second-order valence-corrected chi connectivity index (χ2v) is 5.67. The van der Waals surface area contributed by atoms with E-state index >= 15 is 0 Å². The molecule has 0 aliphatic carbocycles. The lowest BCUT2D eigenvalue weighted by atomic mass is 10.2. The molecule has 0 unspecified atom stereocenters. The molecule has 3 aromatic rings. The van der Waals surface area contributed by atoms with Crippen LogP contribution < -0.4 is 20.5 Å². The summed E-state index contributed by atoms with van der Waals surface area (Å²) in [4.78, 5) is 24.1. The van der Waals surface area contributed by atoms with Crippen LogP contribution in [-0.2, 0) is 11.3 Å². The van der Waals surface area contributed by atoms with Crippen molar-refractivity contribution in [2.24, 2.45) is 0 Å². The molecule has 0 radical (unpaired) electrons. The highest BCUT2D eigenvalue weighted by Gasteiger charge is 2.12. The summed E-state index contributed by atoms with van der Waals surface area (Å²) in [5.41, 5.74) is 1.18. The van der Waals surface area contributed by atoms with Crippen molar-refractivity contribution in [3.8, 4) is 11.5 Å². The predicted molar refractivity (Wildman–Crippen MR) is 94.1 cm³/mol. The Balaban J connectivity index is 1.33. The summed E-state index contributed by atoms with van der Waals surface area (Å²) in [5.74, 6) is 1.11. The van der Waals surface area contributed by atoms with E-state index < -0.39 is 0 Å². The van der Waals surface area contributed by atoms with Gasteiger partial charge in [0.25, 0.3) is 0 Å². The molecule has 0 spiro atoms. The average molecular weight is 352 g/mol. The van der Waals surface area contributed by atoms with Crippen LogP contribution in [0.5, 0.6) is 11.5 Å². The molecule has 1 amide bonds. The lowest BCUT2D eigenvalue weighted by molar-refractivity contribution is -0.116. The molecule has 0 atom stereocenters. The average Bonchev–Trinajstić information content (AvgIpc) is 3.25. The molecule has 8 nitrogen and oxygen atoms in total. The fourth-order valence-corrected chi connectivity index (χ4v) is 2.65. The van der Waals surface area contributed by atoms with E-state index in [0.29, 0.717) is 30.2 Å². The first-order valence-corrected chi connectivity index (χ1v) is 8.10. The van der Waals surface area contributed by atoms with Gasteiger partial charge in [-0.05, 0) is 35.9 Å². The van der Waals surface area contributed by atoms with Crippen LogP contribution in [0.4, 0.5) is 0 Å². The van der Waals surface area contributed by atoms with Crippen LogP contribution in [0.2, 0.25) is 0 Å². The van der Waals surface area contributed by atoms with Crippen LogP contribution in [-0.4, -0.2) is 33.4 Å². The molecule has 1 N–H and O–H groups in total. The van der Waals surface area contributed by atoms with Crippen molar-refractivity contribution in [1.82, 2.24) is 19.5 Å². The number of hydrogen-bond donors (Lipinski definition) is 1. The van der Waals surface area contributed by atoms with Crippen molar-refractivity contribution in [2.45, 2.75) is 6.54 Å². The SMILES string of the molecule is O=C(/C=C\c1ccc2c(c1)OCO2)NCCn1nc2ccccn2c1=O. The largest absolute Gasteiger partial charge is 0.454 e. The van der Waals surface area contributed by atoms with Gasteiger partial charge in [0.2, 0.25) is 12.7 Å². The van der Waals surface area contributed by atoms with Gasteiger partial charge in [-0.25, -0.2) is 9.48 Å². The zero-order valence-corrected chi connectivity index (χ0v) is 13.8. The number of nitrogens with zero attached hydrogens (tertiary/aromatic N) is 3. The maximum Gasteiger partial charge on any atom is 0.350 e. The number of fused-ring (bicyclic) bond motifs is 2. The minimum absolute atomic E-state index is 0.214. The second-order valence-electron chi connectivity index (χ2n) is 5.67. The van der Waals surface area contributed by atoms with E-state index in [1.54, 1.807) is 30.5 Å². The van der Waals surface area contributed by atoms with Crippen molar-refractivity contribution >= 4 is 17.6 Å². The molecule has 0 bridgehead atoms. The van der Waals surface area contributed by atoms with Crippen molar-refractivity contribution < 1.29 is 14.3 Å². The van der Waals surface area contributed by atoms with Gasteiger partial charge in [-0.3, -0.25) is 9.20 Å². The Morgan fingerprint density at radius 1 is 1.23 bits per heavy atom. The standard InChI is InChI=1S/C18H16N4O4/c23-17(7-5-13-4-6-14-15(11-13)26-12-25-14)19-8-10-22-18(24)21-9-2-1-3-16(21)20-22/h1-7,9,11H,8,10,12H2,(H,19,23)/b7-5-. The molecule has 8 heteroatoms. The smallest absolute Gasteiger partial charge is 0.350 e. The molecule has 0 saturated carbocycles. The van der Waals surface area contributed by atoms with Crippen LogP contribution in [0.25, 0.3) is 11.7 Å². The first kappa shape index (κ1) is 15.9. The van der Waals surface area contributed by atoms with Gasteiger partial charge >= 0.3 is 5.69 Å². The Hall–Kier alpha value is -3.55. The minimum atomic E-state index is -0.250. The monoisotopic (exact) mass is 352 g/mol. The van der Waals surface area contributed by atoms with Gasteiger partial charge in [0.05, 0.1) is 6.54 Å². The van der Waals surface area contributed by atoms with Gasteiger partial charge in [-0.15, -0.1) is 5.10 Å². The molecule has 3 heterocycles. The Bertz CT molecular complexity index is 1050. The van der Waals surface area contributed by atoms with Gasteiger partial charge in [-0.1, -0.05) is 12.1 Å². The van der Waals surface area contributed by atoms with E-state index in [2.05, 4.69) is 10.4 Å². The number of carbonyl (C=O) groups is 1. The highest BCUT2D eigenvalue weighted by atomic mass is 16.7. The minimum Gasteiger partial charge on any atom is -0.454 e. The fraction of sp³-hybridized carbons (Fsp3) is 0.167. The number of aromatic nitrogens is 3. The number of nitrogens with one attached hydrogen (secondary N) is 1. The molecule has 2 aromatic heterocycles. The summed E-state index contributed by atoms with van der Waals surface area (Å²) < 4.78 is 13.3. The van der Waals surface area contributed by atoms with Crippen LogP contribution in [0.3, 0.4) is 0 Å². The summed E-state index contributed by atoms with van der Waals surface area (Å²) in [7, 11) is 0. The number of rotatable bonds is 5. The first-order chi connectivity index (χ1) is 12.7. The van der Waals surface area contributed by atoms with E-state index in [9.17, 15) is 9.59 Å². The van der Waals surface area contributed by atoms with Gasteiger partial charge in [0.15, 0.2) is 17.1 Å². The Morgan fingerprint density at radius 3 is 3.00 bits per heavy atom. The van der Waals surface area contributed by atoms with Gasteiger partial charge in [-0.2, -0.15) is 0 Å². The van der Waals surface area contributed by atoms with E-state index in [4.69, 9.17) is 9.47 Å². The van der Waals surface area contributed by atoms with Crippen LogP contribution in [0, 0.1) is 0 Å². The van der Waals surface area contributed by atoms with Crippen LogP contribution in [0.15, 0.2) is 53.5 Å². The van der Waals surface area contributed by atoms with Crippen LogP contribution >= 0.6 is 0 Å². The predicted octanol–water partition coefficient (Wildman–Crippen LogP) is 1.05. The summed E-state index contributed by atoms with van der Waals surface area (Å²) >= 11 is 0. The first-order valence-electron chi connectivity index (χ1n) is 8.10. The third kappa shape index (κ3) is 3.16. The number of hydrogen-bond acceptors (Lipinski definition) is 5. The van der Waals surface area contributed by atoms with Crippen molar-refractivity contribution in [3.63, 3.8) is 0 Å². The third-order valence-corrected chi connectivity index (χ3v) is 3.94. The zero-order valence-electron chi connectivity index (χ0n) is 13.8. The van der Waals surface area contributed by atoms with Gasteiger partial charge < -0.3 is 14.8 Å². The molecular weight excluding hydrogens is 336 g/mol. The van der Waals surface area contributed by atoms with Gasteiger partial charge in [0.1, 0.15) is 0 Å². The highest BCUT2D eigenvalue weighted by Crippen LogP contribution is 2.32. The number of ether oxygens (including phenoxy) is 2. The zero-order chi connectivity index (χ0) is 17.9. The molecular formula is C18H16N4O4. The van der Waals surface area contributed by atoms with Crippen molar-refractivity contribution in [1.29, 1.82) is 0 Å². The van der Waals surface area contributed by atoms with Gasteiger partial charge in [0, 0.05) is 18.8 Å². The Labute approximate surface area is 148 Å². The molecule has 1 aromatic carbocycles. The number of carbonyl (C=O) groups excluding carboxylic acids is 1. The fourth-order valence-electron chi connectivity index (χ4n) is 2.65. The van der Waals surface area contributed by atoms with E-state index in [1.807, 2.05) is 18.2 Å². The van der Waals surface area contributed by atoms with Crippen molar-refractivity contribution in [3.05, 3.63) is 64.7 Å². The summed E-state index contributed by atoms with van der Waals surface area (Å²) in [5, 5.41) is 6.94. The summed E-state index contributed by atoms with van der Waals surface area (Å²) in [6.45, 7) is 0.809. The molecule has 0 fully saturated rings. The molecule has 0 saturated heterocycles. The lowest BCUT2D eigenvalue weighted by Gasteiger charge is -2.01. The topological polar surface area (TPSA) is 86.9 Å². The third-order valence-electron chi connectivity index (χ3n) is 3.94. The van der Waals surface area contributed by atoms with E-state index in [1.165, 1.54) is 15.2 Å². The van der Waals surface area contributed by atoms with Crippen molar-refractivity contribution in [2.75, 3.05) is 13.3 Å².